The van der Waals surface area contributed by atoms with Crippen LogP contribution in [0.1, 0.15) is 42.2 Å². The molecule has 0 aliphatic heterocycles. The Balaban J connectivity index is 1.84. The molecule has 1 aliphatic carbocycles. The lowest BCUT2D eigenvalue weighted by Gasteiger charge is -2.22. The van der Waals surface area contributed by atoms with Crippen LogP contribution in [-0.2, 0) is 13.1 Å². The van der Waals surface area contributed by atoms with Gasteiger partial charge in [-0.05, 0) is 43.0 Å². The highest BCUT2D eigenvalue weighted by molar-refractivity contribution is 5.92. The van der Waals surface area contributed by atoms with Gasteiger partial charge in [-0.1, -0.05) is 6.92 Å². The minimum Gasteiger partial charge on any atom is -0.330 e. The third-order valence-corrected chi connectivity index (χ3v) is 3.87. The summed E-state index contributed by atoms with van der Waals surface area (Å²) in [7, 11) is 0. The van der Waals surface area contributed by atoms with Crippen molar-refractivity contribution in [2.75, 3.05) is 0 Å². The van der Waals surface area contributed by atoms with Gasteiger partial charge in [-0.25, -0.2) is 4.68 Å². The van der Waals surface area contributed by atoms with Gasteiger partial charge in [0.05, 0.1) is 0 Å². The second-order valence-electron chi connectivity index (χ2n) is 5.80. The summed E-state index contributed by atoms with van der Waals surface area (Å²) in [6.45, 7) is 3.04. The fraction of sp³-hybridized carbons (Fsp3) is 0.412. The fourth-order valence-corrected chi connectivity index (χ4v) is 2.52. The van der Waals surface area contributed by atoms with Crippen LogP contribution in [0.2, 0.25) is 0 Å². The maximum absolute atomic E-state index is 12.8. The largest absolute Gasteiger partial charge is 0.330 e. The van der Waals surface area contributed by atoms with Gasteiger partial charge in [-0.15, -0.1) is 0 Å². The monoisotopic (exact) mass is 312 g/mol. The van der Waals surface area contributed by atoms with Crippen molar-refractivity contribution in [3.05, 3.63) is 58.3 Å². The van der Waals surface area contributed by atoms with E-state index in [0.717, 1.165) is 24.8 Å². The first-order valence-corrected chi connectivity index (χ1v) is 7.97. The topological polar surface area (TPSA) is 68.1 Å². The van der Waals surface area contributed by atoms with E-state index in [1.54, 1.807) is 12.4 Å². The molecule has 0 bridgehead atoms. The minimum absolute atomic E-state index is 0.117. The first-order valence-electron chi connectivity index (χ1n) is 7.97. The quantitative estimate of drug-likeness (QED) is 0.816. The summed E-state index contributed by atoms with van der Waals surface area (Å²) in [5.41, 5.74) is 1.21. The molecule has 2 heterocycles. The zero-order chi connectivity index (χ0) is 16.2. The third kappa shape index (κ3) is 3.64. The van der Waals surface area contributed by atoms with Crippen LogP contribution in [0.15, 0.2) is 41.5 Å². The Labute approximate surface area is 134 Å². The van der Waals surface area contributed by atoms with Gasteiger partial charge in [-0.3, -0.25) is 14.6 Å². The van der Waals surface area contributed by atoms with Crippen molar-refractivity contribution >= 4 is 5.91 Å². The zero-order valence-corrected chi connectivity index (χ0v) is 13.2. The average Bonchev–Trinajstić information content (AvgIpc) is 3.40. The van der Waals surface area contributed by atoms with E-state index in [-0.39, 0.29) is 17.5 Å². The summed E-state index contributed by atoms with van der Waals surface area (Å²) >= 11 is 0. The Morgan fingerprint density at radius 1 is 1.26 bits per heavy atom. The summed E-state index contributed by atoms with van der Waals surface area (Å²) in [4.78, 5) is 30.4. The van der Waals surface area contributed by atoms with E-state index in [1.165, 1.54) is 16.8 Å². The zero-order valence-electron chi connectivity index (χ0n) is 13.2. The summed E-state index contributed by atoms with van der Waals surface area (Å²) in [5, 5.41) is 4.24. The van der Waals surface area contributed by atoms with Crippen molar-refractivity contribution < 1.29 is 4.79 Å². The van der Waals surface area contributed by atoms with Crippen LogP contribution in [0, 0.1) is 0 Å². The standard InChI is InChI=1S/C17H20N4O2/c1-2-11-21-16(22)6-5-15(19-21)17(23)20(14-3-4-14)12-13-7-9-18-10-8-13/h5-10,14H,2-4,11-12H2,1H3. The molecule has 1 fully saturated rings. The lowest BCUT2D eigenvalue weighted by molar-refractivity contribution is 0.0721. The Morgan fingerprint density at radius 3 is 2.65 bits per heavy atom. The molecule has 1 amide bonds. The number of aryl methyl sites for hydroxylation is 1. The highest BCUT2D eigenvalue weighted by atomic mass is 16.2. The van der Waals surface area contributed by atoms with Crippen molar-refractivity contribution in [3.63, 3.8) is 0 Å². The molecule has 0 unspecified atom stereocenters. The van der Waals surface area contributed by atoms with Gasteiger partial charge in [0, 0.05) is 37.6 Å². The Kier molecular flexibility index (Phi) is 4.50. The van der Waals surface area contributed by atoms with E-state index >= 15 is 0 Å². The van der Waals surface area contributed by atoms with Crippen LogP contribution in [0.25, 0.3) is 0 Å². The van der Waals surface area contributed by atoms with Crippen molar-refractivity contribution in [2.45, 2.75) is 45.3 Å². The normalized spacial score (nSPS) is 13.8. The first-order chi connectivity index (χ1) is 11.2. The predicted molar refractivity (Wildman–Crippen MR) is 85.9 cm³/mol. The highest BCUT2D eigenvalue weighted by Crippen LogP contribution is 2.29. The Hall–Kier alpha value is -2.50. The number of carbonyl (C=O) groups is 1. The van der Waals surface area contributed by atoms with E-state index < -0.39 is 0 Å². The predicted octanol–water partition coefficient (Wildman–Crippen LogP) is 1.85. The van der Waals surface area contributed by atoms with E-state index in [4.69, 9.17) is 0 Å². The summed E-state index contributed by atoms with van der Waals surface area (Å²) in [6, 6.07) is 7.04. The summed E-state index contributed by atoms with van der Waals surface area (Å²) in [5.74, 6) is -0.117. The number of hydrogen-bond donors (Lipinski definition) is 0. The number of amides is 1. The van der Waals surface area contributed by atoms with Crippen molar-refractivity contribution in [2.24, 2.45) is 0 Å². The van der Waals surface area contributed by atoms with E-state index in [2.05, 4.69) is 10.1 Å². The lowest BCUT2D eigenvalue weighted by Crippen LogP contribution is -2.35. The van der Waals surface area contributed by atoms with Crippen LogP contribution in [-0.4, -0.2) is 31.6 Å². The molecule has 1 aliphatic rings. The number of rotatable bonds is 6. The van der Waals surface area contributed by atoms with Crippen LogP contribution in [0.3, 0.4) is 0 Å². The van der Waals surface area contributed by atoms with Crippen molar-refractivity contribution in [3.8, 4) is 0 Å². The van der Waals surface area contributed by atoms with Gasteiger partial charge in [0.25, 0.3) is 11.5 Å². The summed E-state index contributed by atoms with van der Waals surface area (Å²) in [6.07, 6.45) is 6.29. The molecule has 2 aromatic rings. The number of aromatic nitrogens is 3. The second kappa shape index (κ2) is 6.73. The molecule has 0 atom stereocenters. The molecule has 23 heavy (non-hydrogen) atoms. The number of hydrogen-bond acceptors (Lipinski definition) is 4. The minimum atomic E-state index is -0.171. The Bertz CT molecular complexity index is 738. The smallest absolute Gasteiger partial charge is 0.274 e. The molecular weight excluding hydrogens is 292 g/mol. The number of pyridine rings is 1. The van der Waals surface area contributed by atoms with E-state index in [1.807, 2.05) is 24.0 Å². The molecule has 0 radical (unpaired) electrons. The fourth-order valence-electron chi connectivity index (χ4n) is 2.52. The molecule has 3 rings (SSSR count). The van der Waals surface area contributed by atoms with Crippen molar-refractivity contribution in [1.82, 2.24) is 19.7 Å². The third-order valence-electron chi connectivity index (χ3n) is 3.87. The molecule has 6 nitrogen and oxygen atoms in total. The highest BCUT2D eigenvalue weighted by Gasteiger charge is 2.33. The maximum atomic E-state index is 12.8. The Morgan fingerprint density at radius 2 is 2.00 bits per heavy atom. The van der Waals surface area contributed by atoms with Gasteiger partial charge in [0.1, 0.15) is 5.69 Å². The average molecular weight is 312 g/mol. The molecule has 6 heteroatoms. The van der Waals surface area contributed by atoms with Gasteiger partial charge >= 0.3 is 0 Å². The van der Waals surface area contributed by atoms with Gasteiger partial charge in [0.2, 0.25) is 0 Å². The van der Waals surface area contributed by atoms with E-state index in [9.17, 15) is 9.59 Å². The second-order valence-corrected chi connectivity index (χ2v) is 5.80. The molecule has 0 aromatic carbocycles. The lowest BCUT2D eigenvalue weighted by atomic mass is 10.2. The number of nitrogens with zero attached hydrogens (tertiary/aromatic N) is 4. The SMILES string of the molecule is CCCn1nc(C(=O)N(Cc2ccncc2)C2CC2)ccc1=O. The van der Waals surface area contributed by atoms with Gasteiger partial charge in [-0.2, -0.15) is 5.10 Å². The molecule has 1 saturated carbocycles. The van der Waals surface area contributed by atoms with Crippen LogP contribution in [0.4, 0.5) is 0 Å². The van der Waals surface area contributed by atoms with Crippen LogP contribution < -0.4 is 5.56 Å². The summed E-state index contributed by atoms with van der Waals surface area (Å²) < 4.78 is 1.37. The van der Waals surface area contributed by atoms with Gasteiger partial charge in [0.15, 0.2) is 0 Å². The molecule has 2 aromatic heterocycles. The first kappa shape index (κ1) is 15.4. The molecule has 0 spiro atoms. The molecule has 0 saturated heterocycles. The van der Waals surface area contributed by atoms with Crippen LogP contribution >= 0.6 is 0 Å². The number of carbonyl (C=O) groups excluding carboxylic acids is 1. The molecule has 120 valence electrons. The van der Waals surface area contributed by atoms with Gasteiger partial charge < -0.3 is 4.90 Å². The van der Waals surface area contributed by atoms with Crippen LogP contribution in [0.5, 0.6) is 0 Å². The van der Waals surface area contributed by atoms with Crippen molar-refractivity contribution in [1.29, 1.82) is 0 Å². The van der Waals surface area contributed by atoms with E-state index in [0.29, 0.717) is 18.8 Å². The maximum Gasteiger partial charge on any atom is 0.274 e. The molecular formula is C17H20N4O2. The molecule has 0 N–H and O–H groups in total.